The first-order valence-corrected chi connectivity index (χ1v) is 6.33. The van der Waals surface area contributed by atoms with Gasteiger partial charge in [0.25, 0.3) is 0 Å². The summed E-state index contributed by atoms with van der Waals surface area (Å²) in [6.45, 7) is 6.36. The highest BCUT2D eigenvalue weighted by Gasteiger charge is 2.15. The molecule has 0 fully saturated rings. The van der Waals surface area contributed by atoms with E-state index in [1.165, 1.54) is 0 Å². The molecule has 0 aromatic heterocycles. The van der Waals surface area contributed by atoms with E-state index in [9.17, 15) is 4.79 Å². The van der Waals surface area contributed by atoms with Gasteiger partial charge in [-0.1, -0.05) is 12.1 Å². The normalized spacial score (nSPS) is 11.2. The Labute approximate surface area is 114 Å². The summed E-state index contributed by atoms with van der Waals surface area (Å²) >= 11 is 0. The number of rotatable bonds is 6. The maximum atomic E-state index is 11.4. The van der Waals surface area contributed by atoms with E-state index in [0.717, 1.165) is 11.3 Å². The Morgan fingerprint density at radius 3 is 2.63 bits per heavy atom. The number of esters is 1. The number of ether oxygens (including phenoxy) is 3. The van der Waals surface area contributed by atoms with E-state index >= 15 is 0 Å². The van der Waals surface area contributed by atoms with Crippen molar-refractivity contribution >= 4 is 5.97 Å². The lowest BCUT2D eigenvalue weighted by Crippen LogP contribution is -2.24. The second-order valence-corrected chi connectivity index (χ2v) is 5.24. The molecule has 0 spiro atoms. The maximum Gasteiger partial charge on any atom is 0.308 e. The van der Waals surface area contributed by atoms with Gasteiger partial charge in [0.15, 0.2) is 0 Å². The molecule has 1 aromatic carbocycles. The van der Waals surface area contributed by atoms with Crippen molar-refractivity contribution < 1.29 is 19.0 Å². The zero-order valence-corrected chi connectivity index (χ0v) is 12.1. The van der Waals surface area contributed by atoms with E-state index in [-0.39, 0.29) is 12.4 Å². The van der Waals surface area contributed by atoms with E-state index < -0.39 is 5.60 Å². The third-order valence-corrected chi connectivity index (χ3v) is 2.27. The predicted molar refractivity (Wildman–Crippen MR) is 73.1 cm³/mol. The molecule has 0 bridgehead atoms. The first-order chi connectivity index (χ1) is 8.90. The monoisotopic (exact) mass is 266 g/mol. The fourth-order valence-corrected chi connectivity index (χ4v) is 1.50. The molecular formula is C15H22O4. The third-order valence-electron chi connectivity index (χ3n) is 2.27. The average molecular weight is 266 g/mol. The molecule has 106 valence electrons. The third kappa shape index (κ3) is 6.82. The van der Waals surface area contributed by atoms with Crippen molar-refractivity contribution in [3.05, 3.63) is 29.8 Å². The first-order valence-electron chi connectivity index (χ1n) is 6.33. The number of hydrogen-bond acceptors (Lipinski definition) is 4. The van der Waals surface area contributed by atoms with Gasteiger partial charge in [-0.3, -0.25) is 4.79 Å². The molecule has 0 aliphatic carbocycles. The highest BCUT2D eigenvalue weighted by atomic mass is 16.6. The highest BCUT2D eigenvalue weighted by molar-refractivity contribution is 5.69. The molecule has 0 aliphatic rings. The van der Waals surface area contributed by atoms with Gasteiger partial charge in [-0.2, -0.15) is 0 Å². The van der Waals surface area contributed by atoms with Crippen LogP contribution in [0.4, 0.5) is 0 Å². The summed E-state index contributed by atoms with van der Waals surface area (Å²) in [6.07, 6.45) is 0.265. The molecule has 1 rings (SSSR count). The first kappa shape index (κ1) is 15.5. The standard InChI is InChI=1S/C15H22O4/c1-15(2,3)19-14(16)8-9-18-11-12-6-5-7-13(10-12)17-4/h5-7,10H,8-9,11H2,1-4H3. The van der Waals surface area contributed by atoms with Gasteiger partial charge in [-0.05, 0) is 38.5 Å². The Hall–Kier alpha value is -1.55. The Bertz CT molecular complexity index is 407. The van der Waals surface area contributed by atoms with Gasteiger partial charge in [-0.15, -0.1) is 0 Å². The van der Waals surface area contributed by atoms with Gasteiger partial charge in [-0.25, -0.2) is 0 Å². The van der Waals surface area contributed by atoms with Crippen LogP contribution in [0.15, 0.2) is 24.3 Å². The van der Waals surface area contributed by atoms with E-state index in [0.29, 0.717) is 13.2 Å². The molecule has 4 nitrogen and oxygen atoms in total. The lowest BCUT2D eigenvalue weighted by atomic mass is 10.2. The molecule has 0 amide bonds. The van der Waals surface area contributed by atoms with Crippen molar-refractivity contribution in [2.75, 3.05) is 13.7 Å². The molecule has 0 saturated carbocycles. The lowest BCUT2D eigenvalue weighted by Gasteiger charge is -2.19. The Morgan fingerprint density at radius 1 is 1.26 bits per heavy atom. The van der Waals surface area contributed by atoms with Gasteiger partial charge >= 0.3 is 5.97 Å². The zero-order chi connectivity index (χ0) is 14.3. The fraction of sp³-hybridized carbons (Fsp3) is 0.533. The predicted octanol–water partition coefficient (Wildman–Crippen LogP) is 2.94. The van der Waals surface area contributed by atoms with Crippen molar-refractivity contribution in [2.24, 2.45) is 0 Å². The van der Waals surface area contributed by atoms with Crippen LogP contribution in [0.2, 0.25) is 0 Å². The number of hydrogen-bond donors (Lipinski definition) is 0. The molecule has 0 radical (unpaired) electrons. The van der Waals surface area contributed by atoms with Crippen LogP contribution in [0.3, 0.4) is 0 Å². The Balaban J connectivity index is 2.25. The Morgan fingerprint density at radius 2 is 2.00 bits per heavy atom. The Kier molecular flexibility index (Phi) is 5.83. The molecular weight excluding hydrogens is 244 g/mol. The van der Waals surface area contributed by atoms with Gasteiger partial charge in [0.2, 0.25) is 0 Å². The summed E-state index contributed by atoms with van der Waals surface area (Å²) in [7, 11) is 1.63. The molecule has 0 unspecified atom stereocenters. The van der Waals surface area contributed by atoms with Crippen LogP contribution >= 0.6 is 0 Å². The highest BCUT2D eigenvalue weighted by Crippen LogP contribution is 2.13. The van der Waals surface area contributed by atoms with Gasteiger partial charge in [0.05, 0.1) is 26.7 Å². The van der Waals surface area contributed by atoms with Crippen LogP contribution in [-0.4, -0.2) is 25.3 Å². The van der Waals surface area contributed by atoms with Crippen molar-refractivity contribution in [1.29, 1.82) is 0 Å². The molecule has 0 heterocycles. The van der Waals surface area contributed by atoms with Gasteiger partial charge in [0.1, 0.15) is 11.4 Å². The summed E-state index contributed by atoms with van der Waals surface area (Å²) in [6, 6.07) is 7.65. The quantitative estimate of drug-likeness (QED) is 0.586. The number of methoxy groups -OCH3 is 1. The van der Waals surface area contributed by atoms with Crippen LogP contribution in [0.1, 0.15) is 32.8 Å². The van der Waals surface area contributed by atoms with Crippen molar-refractivity contribution in [2.45, 2.75) is 39.4 Å². The molecule has 1 aromatic rings. The zero-order valence-electron chi connectivity index (χ0n) is 12.1. The van der Waals surface area contributed by atoms with E-state index in [4.69, 9.17) is 14.2 Å². The van der Waals surface area contributed by atoms with Crippen LogP contribution in [0.25, 0.3) is 0 Å². The number of benzene rings is 1. The number of carbonyl (C=O) groups is 1. The smallest absolute Gasteiger partial charge is 0.308 e. The lowest BCUT2D eigenvalue weighted by molar-refractivity contribution is -0.156. The molecule has 0 aliphatic heterocycles. The minimum absolute atomic E-state index is 0.238. The molecule has 4 heteroatoms. The topological polar surface area (TPSA) is 44.8 Å². The summed E-state index contributed by atoms with van der Waals surface area (Å²) in [5.74, 6) is 0.561. The van der Waals surface area contributed by atoms with Crippen LogP contribution in [0.5, 0.6) is 5.75 Å². The fourth-order valence-electron chi connectivity index (χ4n) is 1.50. The maximum absolute atomic E-state index is 11.4. The van der Waals surface area contributed by atoms with E-state index in [1.807, 2.05) is 45.0 Å². The SMILES string of the molecule is COc1cccc(COCCC(=O)OC(C)(C)C)c1. The van der Waals surface area contributed by atoms with Crippen LogP contribution in [-0.2, 0) is 20.9 Å². The second-order valence-electron chi connectivity index (χ2n) is 5.24. The largest absolute Gasteiger partial charge is 0.497 e. The molecule has 0 saturated heterocycles. The summed E-state index contributed by atoms with van der Waals surface area (Å²) < 4.78 is 15.8. The molecule has 0 atom stereocenters. The van der Waals surface area contributed by atoms with Gasteiger partial charge in [0, 0.05) is 0 Å². The second kappa shape index (κ2) is 7.14. The summed E-state index contributed by atoms with van der Waals surface area (Å²) in [5, 5.41) is 0. The van der Waals surface area contributed by atoms with Crippen molar-refractivity contribution in [1.82, 2.24) is 0 Å². The minimum Gasteiger partial charge on any atom is -0.497 e. The van der Waals surface area contributed by atoms with Crippen molar-refractivity contribution in [3.8, 4) is 5.75 Å². The molecule has 0 N–H and O–H groups in total. The molecule has 19 heavy (non-hydrogen) atoms. The van der Waals surface area contributed by atoms with Crippen molar-refractivity contribution in [3.63, 3.8) is 0 Å². The minimum atomic E-state index is -0.441. The summed E-state index contributed by atoms with van der Waals surface area (Å²) in [5.41, 5.74) is 0.577. The summed E-state index contributed by atoms with van der Waals surface area (Å²) in [4.78, 5) is 11.4. The van der Waals surface area contributed by atoms with Gasteiger partial charge < -0.3 is 14.2 Å². The van der Waals surface area contributed by atoms with Crippen LogP contribution < -0.4 is 4.74 Å². The average Bonchev–Trinajstić information content (AvgIpc) is 2.33. The van der Waals surface area contributed by atoms with E-state index in [2.05, 4.69) is 0 Å². The number of carbonyl (C=O) groups excluding carboxylic acids is 1. The van der Waals surface area contributed by atoms with Crippen LogP contribution in [0, 0.1) is 0 Å². The van der Waals surface area contributed by atoms with E-state index in [1.54, 1.807) is 7.11 Å².